The molecule has 0 atom stereocenters. The van der Waals surface area contributed by atoms with Crippen molar-refractivity contribution in [1.29, 1.82) is 0 Å². The van der Waals surface area contributed by atoms with Gasteiger partial charge in [0.1, 0.15) is 0 Å². The van der Waals surface area contributed by atoms with Crippen molar-refractivity contribution in [1.82, 2.24) is 9.88 Å². The van der Waals surface area contributed by atoms with Crippen molar-refractivity contribution in [3.05, 3.63) is 66.1 Å². The molecule has 0 radical (unpaired) electrons. The van der Waals surface area contributed by atoms with E-state index in [0.29, 0.717) is 63.1 Å². The second-order valence-electron chi connectivity index (χ2n) is 10.3. The highest BCUT2D eigenvalue weighted by atomic mass is 19.4. The van der Waals surface area contributed by atoms with Crippen LogP contribution in [-0.4, -0.2) is 59.0 Å². The zero-order valence-corrected chi connectivity index (χ0v) is 22.1. The van der Waals surface area contributed by atoms with E-state index >= 15 is 0 Å². The van der Waals surface area contributed by atoms with Crippen molar-refractivity contribution in [2.75, 3.05) is 36.4 Å². The number of aromatic nitrogens is 1. The lowest BCUT2D eigenvalue weighted by molar-refractivity contribution is -0.153. The second kappa shape index (κ2) is 11.6. The monoisotopic (exact) mass is 570 g/mol. The van der Waals surface area contributed by atoms with Gasteiger partial charge in [0.15, 0.2) is 5.69 Å². The van der Waals surface area contributed by atoms with Crippen LogP contribution < -0.4 is 10.2 Å². The number of carboxylic acids is 1. The van der Waals surface area contributed by atoms with Crippen LogP contribution >= 0.6 is 0 Å². The number of halogens is 3. The Labute approximate surface area is 234 Å². The van der Waals surface area contributed by atoms with Gasteiger partial charge in [-0.3, -0.25) is 14.4 Å². The first-order valence-electron chi connectivity index (χ1n) is 13.4. The molecule has 2 amide bonds. The van der Waals surface area contributed by atoms with Gasteiger partial charge in [-0.15, -0.1) is 0 Å². The third-order valence-corrected chi connectivity index (χ3v) is 7.63. The summed E-state index contributed by atoms with van der Waals surface area (Å²) in [6.07, 6.45) is -2.67. The van der Waals surface area contributed by atoms with Crippen LogP contribution in [-0.2, 0) is 15.8 Å². The molecule has 2 heterocycles. The average Bonchev–Trinajstić information content (AvgIpc) is 3.45. The molecule has 9 nitrogen and oxygen atoms in total. The number of aliphatic carboxylic acids is 1. The predicted molar refractivity (Wildman–Crippen MR) is 143 cm³/mol. The summed E-state index contributed by atoms with van der Waals surface area (Å²) in [5.74, 6) is -4.02. The fourth-order valence-electron chi connectivity index (χ4n) is 5.35. The SMILES string of the molecule is O=C(Nc1ccc(N2CCN(C(=O)[C@H]3CC[C@H](C(=O)O)CC3)CC2)cc1)c1nc(-c2ccccc2)oc1C(F)(F)F. The lowest BCUT2D eigenvalue weighted by Crippen LogP contribution is -2.50. The van der Waals surface area contributed by atoms with Crippen LogP contribution in [0.5, 0.6) is 0 Å². The van der Waals surface area contributed by atoms with E-state index in [0.717, 1.165) is 5.69 Å². The molecule has 2 aromatic carbocycles. The Morgan fingerprint density at radius 2 is 1.49 bits per heavy atom. The van der Waals surface area contributed by atoms with E-state index in [1.165, 1.54) is 12.1 Å². The number of amides is 2. The molecule has 1 aliphatic heterocycles. The van der Waals surface area contributed by atoms with E-state index in [4.69, 9.17) is 4.42 Å². The van der Waals surface area contributed by atoms with Gasteiger partial charge in [0, 0.05) is 49.0 Å². The van der Waals surface area contributed by atoms with Gasteiger partial charge in [0.25, 0.3) is 5.91 Å². The van der Waals surface area contributed by atoms with Crippen LogP contribution in [0.4, 0.5) is 24.5 Å². The lowest BCUT2D eigenvalue weighted by Gasteiger charge is -2.38. The number of rotatable bonds is 6. The number of piperazine rings is 1. The number of oxazole rings is 1. The Bertz CT molecular complexity index is 1390. The van der Waals surface area contributed by atoms with Crippen LogP contribution in [0, 0.1) is 11.8 Å². The van der Waals surface area contributed by atoms with Crippen LogP contribution in [0.3, 0.4) is 0 Å². The average molecular weight is 571 g/mol. The van der Waals surface area contributed by atoms with Crippen molar-refractivity contribution in [2.45, 2.75) is 31.9 Å². The minimum absolute atomic E-state index is 0.0769. The standard InChI is InChI=1S/C29H29F3N4O5/c30-29(31,32)24-23(34-26(41-24)18-4-2-1-3-5-18)25(37)33-21-10-12-22(13-11-21)35-14-16-36(17-15-35)27(38)19-6-8-20(9-7-19)28(39)40/h1-5,10-13,19-20H,6-9,14-17H2,(H,33,37)(H,39,40)/t19-,20-. The van der Waals surface area contributed by atoms with Crippen LogP contribution in [0.15, 0.2) is 59.0 Å². The number of carbonyl (C=O) groups excluding carboxylic acids is 2. The molecule has 5 rings (SSSR count). The molecular weight excluding hydrogens is 541 g/mol. The molecule has 0 spiro atoms. The summed E-state index contributed by atoms with van der Waals surface area (Å²) < 4.78 is 45.7. The van der Waals surface area contributed by atoms with Crippen molar-refractivity contribution in [3.8, 4) is 11.5 Å². The van der Waals surface area contributed by atoms with Gasteiger partial charge in [-0.1, -0.05) is 18.2 Å². The van der Waals surface area contributed by atoms with Crippen LogP contribution in [0.2, 0.25) is 0 Å². The summed E-state index contributed by atoms with van der Waals surface area (Å²) in [5, 5.41) is 11.6. The molecule has 1 aromatic heterocycles. The van der Waals surface area contributed by atoms with Crippen LogP contribution in [0.1, 0.15) is 41.9 Å². The summed E-state index contributed by atoms with van der Waals surface area (Å²) in [4.78, 5) is 44.6. The zero-order chi connectivity index (χ0) is 29.1. The summed E-state index contributed by atoms with van der Waals surface area (Å²) in [5.41, 5.74) is 0.606. The summed E-state index contributed by atoms with van der Waals surface area (Å²) in [6, 6.07) is 14.7. The Hall–Kier alpha value is -4.35. The van der Waals surface area contributed by atoms with E-state index in [9.17, 15) is 32.7 Å². The molecule has 3 aromatic rings. The lowest BCUT2D eigenvalue weighted by atomic mass is 9.81. The first-order chi connectivity index (χ1) is 19.6. The van der Waals surface area contributed by atoms with Gasteiger partial charge in [-0.05, 0) is 62.1 Å². The Morgan fingerprint density at radius 1 is 0.878 bits per heavy atom. The molecule has 0 unspecified atom stereocenters. The molecule has 216 valence electrons. The maximum atomic E-state index is 13.6. The van der Waals surface area contributed by atoms with Crippen molar-refractivity contribution in [2.24, 2.45) is 11.8 Å². The van der Waals surface area contributed by atoms with E-state index in [2.05, 4.69) is 15.2 Å². The van der Waals surface area contributed by atoms with E-state index < -0.39 is 29.5 Å². The molecule has 2 fully saturated rings. The largest absolute Gasteiger partial charge is 0.481 e. The quantitative estimate of drug-likeness (QED) is 0.421. The first kappa shape index (κ1) is 28.2. The van der Waals surface area contributed by atoms with Crippen molar-refractivity contribution in [3.63, 3.8) is 0 Å². The highest BCUT2D eigenvalue weighted by molar-refractivity contribution is 6.04. The maximum Gasteiger partial charge on any atom is 0.452 e. The Morgan fingerprint density at radius 3 is 2.07 bits per heavy atom. The van der Waals surface area contributed by atoms with E-state index in [-0.39, 0.29) is 23.6 Å². The van der Waals surface area contributed by atoms with Gasteiger partial charge >= 0.3 is 12.1 Å². The Kier molecular flexibility index (Phi) is 8.00. The number of hydrogen-bond donors (Lipinski definition) is 2. The smallest absolute Gasteiger partial charge is 0.452 e. The first-order valence-corrected chi connectivity index (χ1v) is 13.4. The summed E-state index contributed by atoms with van der Waals surface area (Å²) in [7, 11) is 0. The molecule has 2 N–H and O–H groups in total. The van der Waals surface area contributed by atoms with E-state index in [1.807, 2.05) is 4.90 Å². The minimum atomic E-state index is -4.90. The normalized spacial score (nSPS) is 19.6. The van der Waals surface area contributed by atoms with Gasteiger partial charge in [0.05, 0.1) is 5.92 Å². The van der Waals surface area contributed by atoms with Crippen LogP contribution in [0.25, 0.3) is 11.5 Å². The van der Waals surface area contributed by atoms with Crippen molar-refractivity contribution >= 4 is 29.2 Å². The third-order valence-electron chi connectivity index (χ3n) is 7.63. The molecule has 1 saturated carbocycles. The molecule has 41 heavy (non-hydrogen) atoms. The van der Waals surface area contributed by atoms with Crippen molar-refractivity contribution < 1.29 is 37.1 Å². The number of anilines is 2. The molecule has 1 aliphatic carbocycles. The molecule has 12 heteroatoms. The molecule has 2 aliphatic rings. The Balaban J connectivity index is 1.18. The fraction of sp³-hybridized carbons (Fsp3) is 0.379. The van der Waals surface area contributed by atoms with Gasteiger partial charge in [0.2, 0.25) is 17.6 Å². The maximum absolute atomic E-state index is 13.6. The number of hydrogen-bond acceptors (Lipinski definition) is 6. The minimum Gasteiger partial charge on any atom is -0.481 e. The predicted octanol–water partition coefficient (Wildman–Crippen LogP) is 5.15. The number of nitrogens with one attached hydrogen (secondary N) is 1. The van der Waals surface area contributed by atoms with Gasteiger partial charge in [-0.25, -0.2) is 4.98 Å². The third kappa shape index (κ3) is 6.36. The number of carbonyl (C=O) groups is 3. The highest BCUT2D eigenvalue weighted by Gasteiger charge is 2.42. The summed E-state index contributed by atoms with van der Waals surface area (Å²) >= 11 is 0. The number of benzene rings is 2. The number of nitrogens with zero attached hydrogens (tertiary/aromatic N) is 3. The van der Waals surface area contributed by atoms with Gasteiger partial charge < -0.3 is 24.6 Å². The van der Waals surface area contributed by atoms with Gasteiger partial charge in [-0.2, -0.15) is 13.2 Å². The zero-order valence-electron chi connectivity index (χ0n) is 22.1. The second-order valence-corrected chi connectivity index (χ2v) is 10.3. The molecule has 1 saturated heterocycles. The van der Waals surface area contributed by atoms with E-state index in [1.54, 1.807) is 42.5 Å². The number of alkyl halides is 3. The summed E-state index contributed by atoms with van der Waals surface area (Å²) in [6.45, 7) is 2.26. The number of carboxylic acid groups (broad SMARTS) is 1. The topological polar surface area (TPSA) is 116 Å². The molecule has 0 bridgehead atoms. The highest BCUT2D eigenvalue weighted by Crippen LogP contribution is 2.36. The molecular formula is C29H29F3N4O5. The fourth-order valence-corrected chi connectivity index (χ4v) is 5.35.